The van der Waals surface area contributed by atoms with E-state index >= 15 is 0 Å². The Hall–Kier alpha value is -1.24. The van der Waals surface area contributed by atoms with Crippen LogP contribution in [0.4, 0.5) is 0 Å². The van der Waals surface area contributed by atoms with Crippen LogP contribution in [0.15, 0.2) is 30.4 Å². The van der Waals surface area contributed by atoms with Crippen LogP contribution in [0.1, 0.15) is 83.8 Å². The quantitative estimate of drug-likeness (QED) is 0.541. The summed E-state index contributed by atoms with van der Waals surface area (Å²) >= 11 is 0. The molecular formula is C27H40O. The largest absolute Gasteiger partial charge is 0.508 e. The third-order valence-corrected chi connectivity index (χ3v) is 9.19. The topological polar surface area (TPSA) is 20.2 Å². The van der Waals surface area contributed by atoms with Gasteiger partial charge in [0.1, 0.15) is 5.75 Å². The predicted octanol–water partition coefficient (Wildman–Crippen LogP) is 7.35. The zero-order valence-electron chi connectivity index (χ0n) is 18.6. The second kappa shape index (κ2) is 7.54. The molecule has 0 amide bonds. The molecule has 154 valence electrons. The molecule has 1 nitrogen and oxygen atoms in total. The zero-order valence-corrected chi connectivity index (χ0v) is 18.6. The molecule has 7 atom stereocenters. The standard InChI is InChI=1S/C27H40O/c1-17(2)18(3)6-7-19(4)25-12-13-26-24-10-8-20-16-21(28)9-11-22(20)23(24)14-15-27(25,26)5/h6-7,9,11,16-19,23-26,28H,8,10,12-15H2,1-5H3/t18-,19-,23-,24-,25-,26+,27-/m1/s1. The molecule has 28 heavy (non-hydrogen) atoms. The molecule has 0 saturated heterocycles. The number of hydrogen-bond donors (Lipinski definition) is 1. The second-order valence-electron chi connectivity index (χ2n) is 10.9. The van der Waals surface area contributed by atoms with Gasteiger partial charge in [0.15, 0.2) is 0 Å². The average Bonchev–Trinajstić information content (AvgIpc) is 3.02. The van der Waals surface area contributed by atoms with Crippen molar-refractivity contribution in [2.24, 2.45) is 40.9 Å². The van der Waals surface area contributed by atoms with Crippen LogP contribution in [0, 0.1) is 40.9 Å². The molecule has 0 aliphatic heterocycles. The number of aryl methyl sites for hydroxylation is 1. The van der Waals surface area contributed by atoms with Gasteiger partial charge in [-0.05, 0) is 109 Å². The van der Waals surface area contributed by atoms with Crippen LogP contribution >= 0.6 is 0 Å². The van der Waals surface area contributed by atoms with E-state index in [9.17, 15) is 5.11 Å². The minimum atomic E-state index is 0.440. The first-order valence-corrected chi connectivity index (χ1v) is 11.8. The fraction of sp³-hybridized carbons (Fsp3) is 0.704. The van der Waals surface area contributed by atoms with E-state index in [4.69, 9.17) is 0 Å². The van der Waals surface area contributed by atoms with Crippen molar-refractivity contribution in [2.45, 2.75) is 79.1 Å². The van der Waals surface area contributed by atoms with Crippen molar-refractivity contribution in [3.05, 3.63) is 41.5 Å². The van der Waals surface area contributed by atoms with Crippen LogP contribution in [0.5, 0.6) is 5.75 Å². The van der Waals surface area contributed by atoms with Gasteiger partial charge in [-0.3, -0.25) is 0 Å². The van der Waals surface area contributed by atoms with Crippen molar-refractivity contribution in [2.75, 3.05) is 0 Å². The molecule has 0 aromatic heterocycles. The highest BCUT2D eigenvalue weighted by atomic mass is 16.3. The molecule has 0 radical (unpaired) electrons. The van der Waals surface area contributed by atoms with Crippen molar-refractivity contribution >= 4 is 0 Å². The highest BCUT2D eigenvalue weighted by Crippen LogP contribution is 2.64. The molecule has 4 rings (SSSR count). The number of fused-ring (bicyclic) bond motifs is 5. The fourth-order valence-electron chi connectivity index (χ4n) is 7.18. The Morgan fingerprint density at radius 2 is 1.82 bits per heavy atom. The van der Waals surface area contributed by atoms with Crippen LogP contribution in [-0.2, 0) is 6.42 Å². The van der Waals surface area contributed by atoms with Gasteiger partial charge in [-0.1, -0.05) is 52.8 Å². The van der Waals surface area contributed by atoms with Crippen LogP contribution in [-0.4, -0.2) is 5.11 Å². The summed E-state index contributed by atoms with van der Waals surface area (Å²) in [6, 6.07) is 6.17. The number of benzene rings is 1. The van der Waals surface area contributed by atoms with Crippen molar-refractivity contribution < 1.29 is 5.11 Å². The van der Waals surface area contributed by atoms with Crippen LogP contribution < -0.4 is 0 Å². The second-order valence-corrected chi connectivity index (χ2v) is 10.9. The molecule has 0 spiro atoms. The molecule has 1 aromatic rings. The van der Waals surface area contributed by atoms with Crippen molar-refractivity contribution in [3.8, 4) is 5.75 Å². The lowest BCUT2D eigenvalue weighted by molar-refractivity contribution is 0.0178. The Morgan fingerprint density at radius 1 is 1.04 bits per heavy atom. The molecule has 1 heteroatoms. The summed E-state index contributed by atoms with van der Waals surface area (Å²) in [5.41, 5.74) is 3.48. The summed E-state index contributed by atoms with van der Waals surface area (Å²) in [5.74, 6) is 5.85. The molecular weight excluding hydrogens is 340 g/mol. The van der Waals surface area contributed by atoms with E-state index in [1.807, 2.05) is 12.1 Å². The maximum absolute atomic E-state index is 9.89. The van der Waals surface area contributed by atoms with E-state index in [1.165, 1.54) is 37.7 Å². The molecule has 1 aromatic carbocycles. The third kappa shape index (κ3) is 3.33. The van der Waals surface area contributed by atoms with Gasteiger partial charge in [0.05, 0.1) is 0 Å². The fourth-order valence-corrected chi connectivity index (χ4v) is 7.18. The SMILES string of the molecule is CC(C)[C@H](C)C=C[C@@H](C)[C@H]1CC[C@H]2[C@@H]3CCc4cc(O)ccc4[C@H]3CC[C@]12C. The van der Waals surface area contributed by atoms with Crippen LogP contribution in [0.3, 0.4) is 0 Å². The minimum absolute atomic E-state index is 0.440. The minimum Gasteiger partial charge on any atom is -0.508 e. The Bertz CT molecular complexity index is 732. The average molecular weight is 381 g/mol. The Kier molecular flexibility index (Phi) is 5.40. The van der Waals surface area contributed by atoms with Crippen LogP contribution in [0.2, 0.25) is 0 Å². The maximum Gasteiger partial charge on any atom is 0.115 e. The summed E-state index contributed by atoms with van der Waals surface area (Å²) in [4.78, 5) is 0. The molecule has 1 N–H and O–H groups in total. The van der Waals surface area contributed by atoms with E-state index in [-0.39, 0.29) is 0 Å². The van der Waals surface area contributed by atoms with Gasteiger partial charge < -0.3 is 5.11 Å². The van der Waals surface area contributed by atoms with E-state index in [1.54, 1.807) is 5.56 Å². The lowest BCUT2D eigenvalue weighted by Gasteiger charge is -2.51. The Labute approximate surface area is 172 Å². The van der Waals surface area contributed by atoms with Gasteiger partial charge in [0.2, 0.25) is 0 Å². The molecule has 2 saturated carbocycles. The summed E-state index contributed by atoms with van der Waals surface area (Å²) in [5, 5.41) is 9.89. The first-order valence-electron chi connectivity index (χ1n) is 11.8. The van der Waals surface area contributed by atoms with Gasteiger partial charge in [-0.15, -0.1) is 0 Å². The van der Waals surface area contributed by atoms with Gasteiger partial charge in [0.25, 0.3) is 0 Å². The predicted molar refractivity (Wildman–Crippen MR) is 119 cm³/mol. The normalized spacial score (nSPS) is 36.8. The van der Waals surface area contributed by atoms with E-state index in [2.05, 4.69) is 52.8 Å². The summed E-state index contributed by atoms with van der Waals surface area (Å²) in [7, 11) is 0. The molecule has 3 aliphatic carbocycles. The molecule has 0 unspecified atom stereocenters. The highest BCUT2D eigenvalue weighted by molar-refractivity contribution is 5.40. The first kappa shape index (κ1) is 20.0. The van der Waals surface area contributed by atoms with Gasteiger partial charge in [-0.2, -0.15) is 0 Å². The summed E-state index contributed by atoms with van der Waals surface area (Å²) in [6.07, 6.45) is 13.1. The first-order chi connectivity index (χ1) is 13.3. The smallest absolute Gasteiger partial charge is 0.115 e. The number of phenolic OH excluding ortho intramolecular Hbond substituents is 1. The van der Waals surface area contributed by atoms with Crippen molar-refractivity contribution in [3.63, 3.8) is 0 Å². The van der Waals surface area contributed by atoms with Crippen LogP contribution in [0.25, 0.3) is 0 Å². The van der Waals surface area contributed by atoms with Crippen molar-refractivity contribution in [1.82, 2.24) is 0 Å². The van der Waals surface area contributed by atoms with E-state index < -0.39 is 0 Å². The molecule has 0 heterocycles. The molecule has 0 bridgehead atoms. The number of rotatable bonds is 4. The van der Waals surface area contributed by atoms with Gasteiger partial charge >= 0.3 is 0 Å². The Morgan fingerprint density at radius 3 is 2.57 bits per heavy atom. The highest BCUT2D eigenvalue weighted by Gasteiger charge is 2.55. The van der Waals surface area contributed by atoms with E-state index in [0.717, 1.165) is 36.0 Å². The number of aromatic hydroxyl groups is 1. The molecule has 3 aliphatic rings. The maximum atomic E-state index is 9.89. The monoisotopic (exact) mass is 380 g/mol. The lowest BCUT2D eigenvalue weighted by Crippen LogP contribution is -2.43. The zero-order chi connectivity index (χ0) is 20.1. The van der Waals surface area contributed by atoms with Gasteiger partial charge in [-0.25, -0.2) is 0 Å². The van der Waals surface area contributed by atoms with E-state index in [0.29, 0.717) is 23.0 Å². The Balaban J connectivity index is 1.53. The van der Waals surface area contributed by atoms with Gasteiger partial charge in [0, 0.05) is 0 Å². The number of allylic oxidation sites excluding steroid dienone is 2. The van der Waals surface area contributed by atoms with Crippen molar-refractivity contribution in [1.29, 1.82) is 0 Å². The summed E-state index contributed by atoms with van der Waals surface area (Å²) in [6.45, 7) is 12.1. The summed E-state index contributed by atoms with van der Waals surface area (Å²) < 4.78 is 0. The third-order valence-electron chi connectivity index (χ3n) is 9.19. The number of hydrogen-bond acceptors (Lipinski definition) is 1. The number of phenols is 1. The lowest BCUT2D eigenvalue weighted by atomic mass is 9.53. The molecule has 2 fully saturated rings.